The van der Waals surface area contributed by atoms with Crippen LogP contribution in [0.5, 0.6) is 0 Å². The molecule has 0 bridgehead atoms. The molecule has 2 unspecified atom stereocenters. The fraction of sp³-hybridized carbons (Fsp3) is 0.933. The van der Waals surface area contributed by atoms with Gasteiger partial charge in [-0.1, -0.05) is 0 Å². The zero-order chi connectivity index (χ0) is 13.5. The molecule has 4 heteroatoms. The van der Waals surface area contributed by atoms with Gasteiger partial charge in [0.1, 0.15) is 0 Å². The van der Waals surface area contributed by atoms with Crippen molar-refractivity contribution >= 4 is 5.91 Å². The van der Waals surface area contributed by atoms with Crippen LogP contribution in [0.25, 0.3) is 0 Å². The zero-order valence-corrected chi connectivity index (χ0v) is 12.1. The summed E-state index contributed by atoms with van der Waals surface area (Å²) in [6.45, 7) is 7.01. The summed E-state index contributed by atoms with van der Waals surface area (Å²) in [5.41, 5.74) is 6.29. The first-order valence-corrected chi connectivity index (χ1v) is 7.89. The number of rotatable bonds is 3. The SMILES string of the molecule is CC(C(=O)N1CCC2(CC1)CC2CN)N1CCCC1. The summed E-state index contributed by atoms with van der Waals surface area (Å²) in [6.07, 6.45) is 6.14. The molecule has 2 N–H and O–H groups in total. The molecule has 2 atom stereocenters. The van der Waals surface area contributed by atoms with Crippen LogP contribution in [0, 0.1) is 11.3 Å². The molecule has 3 aliphatic rings. The minimum atomic E-state index is 0.0843. The van der Waals surface area contributed by atoms with E-state index in [0.29, 0.717) is 11.3 Å². The third-order valence-electron chi connectivity index (χ3n) is 5.76. The maximum Gasteiger partial charge on any atom is 0.239 e. The van der Waals surface area contributed by atoms with Crippen LogP contribution in [0.3, 0.4) is 0 Å². The Morgan fingerprint density at radius 3 is 2.42 bits per heavy atom. The summed E-state index contributed by atoms with van der Waals surface area (Å²) in [6, 6.07) is 0.0843. The van der Waals surface area contributed by atoms with Crippen LogP contribution in [0.1, 0.15) is 39.0 Å². The third-order valence-corrected chi connectivity index (χ3v) is 5.76. The molecule has 108 valence electrons. The Bertz CT molecular complexity index is 343. The Balaban J connectivity index is 1.52. The maximum atomic E-state index is 12.5. The Kier molecular flexibility index (Phi) is 3.56. The maximum absolute atomic E-state index is 12.5. The first-order chi connectivity index (χ1) is 9.16. The molecule has 3 fully saturated rings. The highest BCUT2D eigenvalue weighted by molar-refractivity contribution is 5.81. The fourth-order valence-electron chi connectivity index (χ4n) is 4.10. The number of likely N-dealkylation sites (tertiary alicyclic amines) is 2. The first-order valence-electron chi connectivity index (χ1n) is 7.89. The van der Waals surface area contributed by atoms with E-state index in [-0.39, 0.29) is 6.04 Å². The second kappa shape index (κ2) is 5.06. The predicted octanol–water partition coefficient (Wildman–Crippen LogP) is 1.06. The van der Waals surface area contributed by atoms with E-state index in [1.807, 2.05) is 0 Å². The van der Waals surface area contributed by atoms with E-state index < -0.39 is 0 Å². The lowest BCUT2D eigenvalue weighted by molar-refractivity contribution is -0.137. The van der Waals surface area contributed by atoms with Crippen LogP contribution < -0.4 is 5.73 Å². The number of hydrogen-bond acceptors (Lipinski definition) is 3. The minimum absolute atomic E-state index is 0.0843. The van der Waals surface area contributed by atoms with Gasteiger partial charge in [0, 0.05) is 13.1 Å². The molecule has 1 saturated carbocycles. The van der Waals surface area contributed by atoms with Gasteiger partial charge in [-0.25, -0.2) is 0 Å². The Morgan fingerprint density at radius 1 is 1.26 bits per heavy atom. The quantitative estimate of drug-likeness (QED) is 0.830. The van der Waals surface area contributed by atoms with Crippen LogP contribution >= 0.6 is 0 Å². The van der Waals surface area contributed by atoms with Gasteiger partial charge in [0.05, 0.1) is 6.04 Å². The highest BCUT2D eigenvalue weighted by Gasteiger charge is 2.54. The van der Waals surface area contributed by atoms with Gasteiger partial charge in [0.2, 0.25) is 5.91 Å². The standard InChI is InChI=1S/C15H27N3O/c1-12(17-6-2-3-7-17)14(19)18-8-4-15(5-9-18)10-13(15)11-16/h12-13H,2-11,16H2,1H3. The molecule has 1 aliphatic carbocycles. The first kappa shape index (κ1) is 13.4. The summed E-state index contributed by atoms with van der Waals surface area (Å²) in [5, 5.41) is 0. The number of hydrogen-bond donors (Lipinski definition) is 1. The molecule has 0 aromatic rings. The van der Waals surface area contributed by atoms with Gasteiger partial charge in [0.15, 0.2) is 0 Å². The van der Waals surface area contributed by atoms with E-state index in [2.05, 4.69) is 16.7 Å². The molecule has 19 heavy (non-hydrogen) atoms. The number of nitrogens with zero attached hydrogens (tertiary/aromatic N) is 2. The van der Waals surface area contributed by atoms with Crippen molar-refractivity contribution in [2.45, 2.75) is 45.1 Å². The lowest BCUT2D eigenvalue weighted by Crippen LogP contribution is -2.49. The molecule has 2 saturated heterocycles. The number of carbonyl (C=O) groups is 1. The largest absolute Gasteiger partial charge is 0.341 e. The molecular weight excluding hydrogens is 238 g/mol. The highest BCUT2D eigenvalue weighted by atomic mass is 16.2. The second-order valence-electron chi connectivity index (χ2n) is 6.74. The summed E-state index contributed by atoms with van der Waals surface area (Å²) >= 11 is 0. The number of amides is 1. The highest BCUT2D eigenvalue weighted by Crippen LogP contribution is 2.58. The van der Waals surface area contributed by atoms with Crippen LogP contribution in [-0.2, 0) is 4.79 Å². The van der Waals surface area contributed by atoms with Crippen molar-refractivity contribution in [1.29, 1.82) is 0 Å². The van der Waals surface area contributed by atoms with Crippen molar-refractivity contribution in [1.82, 2.24) is 9.80 Å². The molecule has 0 aromatic heterocycles. The second-order valence-corrected chi connectivity index (χ2v) is 6.74. The number of piperidine rings is 1. The predicted molar refractivity (Wildman–Crippen MR) is 75.7 cm³/mol. The van der Waals surface area contributed by atoms with Crippen molar-refractivity contribution in [3.63, 3.8) is 0 Å². The van der Waals surface area contributed by atoms with Crippen LogP contribution in [0.4, 0.5) is 0 Å². The van der Waals surface area contributed by atoms with E-state index in [1.165, 1.54) is 32.1 Å². The fourth-order valence-corrected chi connectivity index (χ4v) is 4.10. The van der Waals surface area contributed by atoms with Crippen LogP contribution in [-0.4, -0.2) is 54.5 Å². The Labute approximate surface area is 116 Å². The molecule has 1 amide bonds. The molecule has 3 rings (SSSR count). The van der Waals surface area contributed by atoms with Crippen LogP contribution in [0.15, 0.2) is 0 Å². The van der Waals surface area contributed by atoms with Crippen molar-refractivity contribution in [2.24, 2.45) is 17.1 Å². The molecular formula is C15H27N3O. The van der Waals surface area contributed by atoms with E-state index >= 15 is 0 Å². The van der Waals surface area contributed by atoms with Gasteiger partial charge in [-0.05, 0) is 70.0 Å². The zero-order valence-electron chi connectivity index (χ0n) is 12.1. The van der Waals surface area contributed by atoms with E-state index in [1.54, 1.807) is 0 Å². The lowest BCUT2D eigenvalue weighted by Gasteiger charge is -2.36. The van der Waals surface area contributed by atoms with Gasteiger partial charge in [0.25, 0.3) is 0 Å². The Morgan fingerprint density at radius 2 is 1.89 bits per heavy atom. The lowest BCUT2D eigenvalue weighted by atomic mass is 9.90. The monoisotopic (exact) mass is 265 g/mol. The molecule has 0 aromatic carbocycles. The average molecular weight is 265 g/mol. The molecule has 0 radical (unpaired) electrons. The molecule has 2 heterocycles. The Hall–Kier alpha value is -0.610. The van der Waals surface area contributed by atoms with Crippen molar-refractivity contribution in [3.05, 3.63) is 0 Å². The van der Waals surface area contributed by atoms with Crippen molar-refractivity contribution in [3.8, 4) is 0 Å². The number of carbonyl (C=O) groups excluding carboxylic acids is 1. The summed E-state index contributed by atoms with van der Waals surface area (Å²) in [7, 11) is 0. The summed E-state index contributed by atoms with van der Waals surface area (Å²) in [5.74, 6) is 1.09. The third kappa shape index (κ3) is 2.40. The number of nitrogens with two attached hydrogens (primary N) is 1. The van der Waals surface area contributed by atoms with Gasteiger partial charge in [-0.3, -0.25) is 9.69 Å². The normalized spacial score (nSPS) is 31.7. The van der Waals surface area contributed by atoms with E-state index in [0.717, 1.165) is 38.6 Å². The van der Waals surface area contributed by atoms with Gasteiger partial charge in [-0.15, -0.1) is 0 Å². The summed E-state index contributed by atoms with van der Waals surface area (Å²) in [4.78, 5) is 17.0. The van der Waals surface area contributed by atoms with Crippen LogP contribution in [0.2, 0.25) is 0 Å². The van der Waals surface area contributed by atoms with Gasteiger partial charge >= 0.3 is 0 Å². The van der Waals surface area contributed by atoms with Gasteiger partial charge in [-0.2, -0.15) is 0 Å². The van der Waals surface area contributed by atoms with Gasteiger partial charge < -0.3 is 10.6 Å². The summed E-state index contributed by atoms with van der Waals surface area (Å²) < 4.78 is 0. The topological polar surface area (TPSA) is 49.6 Å². The molecule has 4 nitrogen and oxygen atoms in total. The van der Waals surface area contributed by atoms with Crippen molar-refractivity contribution in [2.75, 3.05) is 32.7 Å². The van der Waals surface area contributed by atoms with E-state index in [9.17, 15) is 4.79 Å². The average Bonchev–Trinajstić information content (AvgIpc) is 2.89. The van der Waals surface area contributed by atoms with E-state index in [4.69, 9.17) is 5.73 Å². The van der Waals surface area contributed by atoms with Crippen molar-refractivity contribution < 1.29 is 4.79 Å². The molecule has 1 spiro atoms. The minimum Gasteiger partial charge on any atom is -0.341 e. The smallest absolute Gasteiger partial charge is 0.239 e. The molecule has 2 aliphatic heterocycles.